The molecule has 22 heavy (non-hydrogen) atoms. The first-order valence-corrected chi connectivity index (χ1v) is 7.12. The topological polar surface area (TPSA) is 84.7 Å². The van der Waals surface area contributed by atoms with Crippen LogP contribution in [0.5, 0.6) is 0 Å². The zero-order valence-corrected chi connectivity index (χ0v) is 12.8. The number of anilines is 1. The lowest BCUT2D eigenvalue weighted by Gasteiger charge is -2.05. The van der Waals surface area contributed by atoms with Crippen LogP contribution in [0.15, 0.2) is 51.7 Å². The third-order valence-electron chi connectivity index (χ3n) is 3.08. The number of aromatic nitrogens is 3. The van der Waals surface area contributed by atoms with Crippen molar-refractivity contribution in [2.24, 2.45) is 0 Å². The van der Waals surface area contributed by atoms with Crippen molar-refractivity contribution in [1.82, 2.24) is 15.2 Å². The highest BCUT2D eigenvalue weighted by Crippen LogP contribution is 2.25. The van der Waals surface area contributed by atoms with Crippen molar-refractivity contribution >= 4 is 21.6 Å². The number of halogens is 2. The average Bonchev–Trinajstić information content (AvgIpc) is 2.48. The lowest BCUT2D eigenvalue weighted by molar-refractivity contribution is 0.628. The van der Waals surface area contributed by atoms with Crippen LogP contribution < -0.4 is 11.3 Å². The van der Waals surface area contributed by atoms with Gasteiger partial charge in [0.25, 0.3) is 5.56 Å². The molecule has 7 heteroatoms. The van der Waals surface area contributed by atoms with Crippen molar-refractivity contribution in [2.75, 3.05) is 5.73 Å². The number of aromatic amines is 1. The minimum absolute atomic E-state index is 0.124. The van der Waals surface area contributed by atoms with E-state index in [0.29, 0.717) is 16.8 Å². The van der Waals surface area contributed by atoms with Gasteiger partial charge in [0.1, 0.15) is 5.82 Å². The van der Waals surface area contributed by atoms with Crippen LogP contribution in [0.3, 0.4) is 0 Å². The van der Waals surface area contributed by atoms with E-state index in [1.165, 1.54) is 24.3 Å². The van der Waals surface area contributed by atoms with Crippen molar-refractivity contribution in [3.8, 4) is 22.6 Å². The SMILES string of the molecule is Nc1cc(Br)ccc1-c1nnc(-c2ccc(F)cc2)c(=O)[nH]1. The van der Waals surface area contributed by atoms with Crippen molar-refractivity contribution in [1.29, 1.82) is 0 Å². The van der Waals surface area contributed by atoms with Crippen molar-refractivity contribution in [3.63, 3.8) is 0 Å². The van der Waals surface area contributed by atoms with Crippen LogP contribution in [-0.2, 0) is 0 Å². The highest BCUT2D eigenvalue weighted by molar-refractivity contribution is 9.10. The molecule has 0 amide bonds. The van der Waals surface area contributed by atoms with E-state index in [0.717, 1.165) is 4.47 Å². The number of nitrogens with two attached hydrogens (primary N) is 1. The summed E-state index contributed by atoms with van der Waals surface area (Å²) >= 11 is 3.31. The van der Waals surface area contributed by atoms with E-state index in [4.69, 9.17) is 5.73 Å². The molecule has 0 unspecified atom stereocenters. The van der Waals surface area contributed by atoms with E-state index < -0.39 is 5.56 Å². The van der Waals surface area contributed by atoms with Gasteiger partial charge in [-0.15, -0.1) is 10.2 Å². The molecule has 0 radical (unpaired) electrons. The normalized spacial score (nSPS) is 10.6. The van der Waals surface area contributed by atoms with Gasteiger partial charge in [0.2, 0.25) is 0 Å². The highest BCUT2D eigenvalue weighted by atomic mass is 79.9. The van der Waals surface area contributed by atoms with Gasteiger partial charge in [-0.1, -0.05) is 15.9 Å². The number of hydrogen-bond acceptors (Lipinski definition) is 4. The van der Waals surface area contributed by atoms with Gasteiger partial charge in [-0.2, -0.15) is 0 Å². The Morgan fingerprint density at radius 1 is 1.09 bits per heavy atom. The zero-order chi connectivity index (χ0) is 15.7. The maximum atomic E-state index is 12.9. The van der Waals surface area contributed by atoms with E-state index in [9.17, 15) is 9.18 Å². The van der Waals surface area contributed by atoms with E-state index in [-0.39, 0.29) is 17.3 Å². The summed E-state index contributed by atoms with van der Waals surface area (Å²) in [5.41, 5.74) is 7.15. The molecule has 3 N–H and O–H groups in total. The summed E-state index contributed by atoms with van der Waals surface area (Å²) in [6, 6.07) is 10.7. The van der Waals surface area contributed by atoms with Crippen LogP contribution in [0.25, 0.3) is 22.6 Å². The van der Waals surface area contributed by atoms with Crippen LogP contribution in [0.2, 0.25) is 0 Å². The molecule has 0 aliphatic heterocycles. The number of rotatable bonds is 2. The Kier molecular flexibility index (Phi) is 3.72. The standard InChI is InChI=1S/C15H10BrFN4O/c16-9-3-6-11(12(18)7-9)14-19-15(22)13(20-21-14)8-1-4-10(17)5-2-8/h1-7H,18H2,(H,19,21,22). The summed E-state index contributed by atoms with van der Waals surface area (Å²) in [6.07, 6.45) is 0. The summed E-state index contributed by atoms with van der Waals surface area (Å²) < 4.78 is 13.8. The molecule has 0 aliphatic carbocycles. The van der Waals surface area contributed by atoms with Crippen molar-refractivity contribution < 1.29 is 4.39 Å². The maximum absolute atomic E-state index is 12.9. The first-order chi connectivity index (χ1) is 10.5. The van der Waals surface area contributed by atoms with Crippen LogP contribution in [-0.4, -0.2) is 15.2 Å². The van der Waals surface area contributed by atoms with E-state index in [1.54, 1.807) is 18.2 Å². The van der Waals surface area contributed by atoms with E-state index in [2.05, 4.69) is 31.1 Å². The number of benzene rings is 2. The van der Waals surface area contributed by atoms with Gasteiger partial charge in [-0.3, -0.25) is 4.79 Å². The fourth-order valence-corrected chi connectivity index (χ4v) is 2.38. The third kappa shape index (κ3) is 2.75. The second-order valence-electron chi connectivity index (χ2n) is 4.59. The first kappa shape index (κ1) is 14.4. The molecule has 1 aromatic heterocycles. The van der Waals surface area contributed by atoms with Crippen molar-refractivity contribution in [3.05, 3.63) is 63.1 Å². The Morgan fingerprint density at radius 2 is 1.82 bits per heavy atom. The number of nitrogens with one attached hydrogen (secondary N) is 1. The van der Waals surface area contributed by atoms with E-state index >= 15 is 0 Å². The summed E-state index contributed by atoms with van der Waals surface area (Å²) in [6.45, 7) is 0. The number of nitrogens with zero attached hydrogens (tertiary/aromatic N) is 2. The summed E-state index contributed by atoms with van der Waals surface area (Å²) in [7, 11) is 0. The summed E-state index contributed by atoms with van der Waals surface area (Å²) in [4.78, 5) is 14.8. The van der Waals surface area contributed by atoms with Crippen LogP contribution in [0.4, 0.5) is 10.1 Å². The van der Waals surface area contributed by atoms with Gasteiger partial charge in [0.15, 0.2) is 11.5 Å². The van der Waals surface area contributed by atoms with E-state index in [1.807, 2.05) is 0 Å². The highest BCUT2D eigenvalue weighted by Gasteiger charge is 2.11. The third-order valence-corrected chi connectivity index (χ3v) is 3.58. The minimum Gasteiger partial charge on any atom is -0.398 e. The smallest absolute Gasteiger partial charge is 0.278 e. The number of hydrogen-bond donors (Lipinski definition) is 2. The predicted octanol–water partition coefficient (Wildman–Crippen LogP) is 2.98. The Hall–Kier alpha value is -2.54. The molecule has 0 fully saturated rings. The summed E-state index contributed by atoms with van der Waals surface area (Å²) in [5.74, 6) is -0.103. The molecule has 1 heterocycles. The Balaban J connectivity index is 2.06. The number of nitrogen functional groups attached to an aromatic ring is 1. The molecule has 0 saturated heterocycles. The minimum atomic E-state index is -0.418. The molecular formula is C15H10BrFN4O. The van der Waals surface area contributed by atoms with Gasteiger partial charge >= 0.3 is 0 Å². The lowest BCUT2D eigenvalue weighted by atomic mass is 10.1. The second kappa shape index (κ2) is 5.69. The largest absolute Gasteiger partial charge is 0.398 e. The average molecular weight is 361 g/mol. The Morgan fingerprint density at radius 3 is 2.45 bits per heavy atom. The van der Waals surface area contributed by atoms with Crippen LogP contribution in [0, 0.1) is 5.82 Å². The molecule has 0 bridgehead atoms. The molecular weight excluding hydrogens is 351 g/mol. The fraction of sp³-hybridized carbons (Fsp3) is 0. The second-order valence-corrected chi connectivity index (χ2v) is 5.51. The summed E-state index contributed by atoms with van der Waals surface area (Å²) in [5, 5.41) is 7.94. The predicted molar refractivity (Wildman–Crippen MR) is 85.6 cm³/mol. The molecule has 0 aliphatic rings. The Bertz CT molecular complexity index is 893. The van der Waals surface area contributed by atoms with Gasteiger partial charge < -0.3 is 10.7 Å². The fourth-order valence-electron chi connectivity index (χ4n) is 2.00. The molecule has 2 aromatic carbocycles. The molecule has 110 valence electrons. The van der Waals surface area contributed by atoms with Gasteiger partial charge in [0, 0.05) is 21.3 Å². The number of H-pyrrole nitrogens is 1. The monoisotopic (exact) mass is 360 g/mol. The van der Waals surface area contributed by atoms with Crippen molar-refractivity contribution in [2.45, 2.75) is 0 Å². The molecule has 5 nitrogen and oxygen atoms in total. The van der Waals surface area contributed by atoms with Crippen LogP contribution in [0.1, 0.15) is 0 Å². The molecule has 3 aromatic rings. The van der Waals surface area contributed by atoms with Gasteiger partial charge in [-0.05, 0) is 42.5 Å². The molecule has 0 spiro atoms. The molecule has 3 rings (SSSR count). The van der Waals surface area contributed by atoms with Gasteiger partial charge in [-0.25, -0.2) is 4.39 Å². The maximum Gasteiger partial charge on any atom is 0.278 e. The lowest BCUT2D eigenvalue weighted by Crippen LogP contribution is -2.14. The molecule has 0 saturated carbocycles. The zero-order valence-electron chi connectivity index (χ0n) is 11.2. The van der Waals surface area contributed by atoms with Gasteiger partial charge in [0.05, 0.1) is 0 Å². The quantitative estimate of drug-likeness (QED) is 0.688. The molecule has 0 atom stereocenters. The Labute approximate surface area is 133 Å². The first-order valence-electron chi connectivity index (χ1n) is 6.33. The van der Waals surface area contributed by atoms with Crippen LogP contribution >= 0.6 is 15.9 Å².